The summed E-state index contributed by atoms with van der Waals surface area (Å²) in [6.07, 6.45) is 3.58. The average Bonchev–Trinajstić information content (AvgIpc) is 2.19. The van der Waals surface area contributed by atoms with E-state index in [0.29, 0.717) is 0 Å². The molecular weight excluding hydrogens is 206 g/mol. The molecule has 0 aromatic heterocycles. The molecule has 94 valence electrons. The van der Waals surface area contributed by atoms with E-state index in [2.05, 4.69) is 45.9 Å². The molecule has 0 aliphatic heterocycles. The van der Waals surface area contributed by atoms with E-state index in [9.17, 15) is 0 Å². The molecule has 0 saturated heterocycles. The van der Waals surface area contributed by atoms with Gasteiger partial charge >= 0.3 is 0 Å². The Kier molecular flexibility index (Phi) is 3.31. The minimum Gasteiger partial charge on any atom is -0.321 e. The summed E-state index contributed by atoms with van der Waals surface area (Å²) in [6.45, 7) is 9.01. The van der Waals surface area contributed by atoms with E-state index in [-0.39, 0.29) is 5.54 Å². The molecule has 1 aliphatic rings. The maximum Gasteiger partial charge on any atom is 0.0417 e. The molecule has 0 bridgehead atoms. The van der Waals surface area contributed by atoms with Gasteiger partial charge in [-0.2, -0.15) is 0 Å². The van der Waals surface area contributed by atoms with Crippen LogP contribution in [0.4, 0.5) is 0 Å². The van der Waals surface area contributed by atoms with E-state index in [4.69, 9.17) is 5.73 Å². The zero-order chi connectivity index (χ0) is 12.6. The molecule has 0 heterocycles. The maximum atomic E-state index is 6.73. The molecular formula is C16H25N. The normalized spacial score (nSPS) is 33.7. The van der Waals surface area contributed by atoms with E-state index in [1.54, 1.807) is 0 Å². The molecule has 2 N–H and O–H groups in total. The Morgan fingerprint density at radius 1 is 1.12 bits per heavy atom. The van der Waals surface area contributed by atoms with Crippen molar-refractivity contribution < 1.29 is 0 Å². The Balaban J connectivity index is 2.39. The third-order valence-corrected chi connectivity index (χ3v) is 4.16. The van der Waals surface area contributed by atoms with E-state index in [1.807, 2.05) is 0 Å². The lowest BCUT2D eigenvalue weighted by Crippen LogP contribution is -2.44. The molecule has 1 fully saturated rings. The molecule has 2 atom stereocenters. The SMILES string of the molecule is Cc1ccc(C)c(C2(N)CC(C)CC(C)C2)c1. The van der Waals surface area contributed by atoms with Crippen LogP contribution in [0.25, 0.3) is 0 Å². The van der Waals surface area contributed by atoms with Crippen LogP contribution < -0.4 is 5.73 Å². The molecule has 1 aromatic rings. The van der Waals surface area contributed by atoms with Crippen molar-refractivity contribution >= 4 is 0 Å². The molecule has 1 aromatic carbocycles. The fourth-order valence-corrected chi connectivity index (χ4v) is 3.67. The third kappa shape index (κ3) is 2.55. The van der Waals surface area contributed by atoms with Gasteiger partial charge in [0.1, 0.15) is 0 Å². The van der Waals surface area contributed by atoms with Crippen molar-refractivity contribution in [1.29, 1.82) is 0 Å². The molecule has 1 saturated carbocycles. The lowest BCUT2D eigenvalue weighted by molar-refractivity contribution is 0.183. The van der Waals surface area contributed by atoms with Crippen LogP contribution in [0.5, 0.6) is 0 Å². The first-order chi connectivity index (χ1) is 7.90. The Morgan fingerprint density at radius 2 is 1.71 bits per heavy atom. The minimum atomic E-state index is -0.104. The van der Waals surface area contributed by atoms with E-state index in [1.165, 1.54) is 23.1 Å². The first-order valence-corrected chi connectivity index (χ1v) is 6.77. The van der Waals surface area contributed by atoms with Crippen LogP contribution in [-0.4, -0.2) is 0 Å². The Labute approximate surface area is 105 Å². The fraction of sp³-hybridized carbons (Fsp3) is 0.625. The Bertz CT molecular complexity index is 398. The van der Waals surface area contributed by atoms with Gasteiger partial charge in [-0.05, 0) is 56.1 Å². The van der Waals surface area contributed by atoms with Gasteiger partial charge in [-0.15, -0.1) is 0 Å². The van der Waals surface area contributed by atoms with Crippen LogP contribution in [0.3, 0.4) is 0 Å². The highest BCUT2D eigenvalue weighted by molar-refractivity contribution is 5.36. The molecule has 1 aliphatic carbocycles. The number of hydrogen-bond donors (Lipinski definition) is 1. The van der Waals surface area contributed by atoms with Gasteiger partial charge < -0.3 is 5.73 Å². The van der Waals surface area contributed by atoms with E-state index >= 15 is 0 Å². The topological polar surface area (TPSA) is 26.0 Å². The molecule has 0 amide bonds. The summed E-state index contributed by atoms with van der Waals surface area (Å²) in [5.41, 5.74) is 10.7. The summed E-state index contributed by atoms with van der Waals surface area (Å²) < 4.78 is 0. The molecule has 2 unspecified atom stereocenters. The number of benzene rings is 1. The lowest BCUT2D eigenvalue weighted by Gasteiger charge is -2.41. The quantitative estimate of drug-likeness (QED) is 0.779. The van der Waals surface area contributed by atoms with E-state index < -0.39 is 0 Å². The summed E-state index contributed by atoms with van der Waals surface area (Å²) in [6, 6.07) is 6.68. The van der Waals surface area contributed by atoms with Crippen LogP contribution in [-0.2, 0) is 5.54 Å². The summed E-state index contributed by atoms with van der Waals surface area (Å²) in [7, 11) is 0. The number of rotatable bonds is 1. The standard InChI is InChI=1S/C16H25N/c1-11-5-6-14(4)15(8-11)16(17)9-12(2)7-13(3)10-16/h5-6,8,12-13H,7,9-10,17H2,1-4H3. The van der Waals surface area contributed by atoms with Gasteiger partial charge in [0.2, 0.25) is 0 Å². The second-order valence-electron chi connectivity index (χ2n) is 6.33. The second kappa shape index (κ2) is 4.45. The largest absolute Gasteiger partial charge is 0.321 e. The van der Waals surface area contributed by atoms with Crippen molar-refractivity contribution in [3.63, 3.8) is 0 Å². The van der Waals surface area contributed by atoms with Gasteiger partial charge in [0, 0.05) is 5.54 Å². The van der Waals surface area contributed by atoms with Gasteiger partial charge in [-0.3, -0.25) is 0 Å². The predicted octanol–water partition coefficient (Wildman–Crippen LogP) is 3.91. The van der Waals surface area contributed by atoms with Crippen LogP contribution in [0.2, 0.25) is 0 Å². The number of hydrogen-bond acceptors (Lipinski definition) is 1. The number of nitrogens with two attached hydrogens (primary N) is 1. The van der Waals surface area contributed by atoms with Gasteiger partial charge in [0.25, 0.3) is 0 Å². The van der Waals surface area contributed by atoms with Crippen LogP contribution in [0, 0.1) is 25.7 Å². The smallest absolute Gasteiger partial charge is 0.0417 e. The minimum absolute atomic E-state index is 0.104. The predicted molar refractivity (Wildman–Crippen MR) is 74.0 cm³/mol. The highest BCUT2D eigenvalue weighted by atomic mass is 14.8. The van der Waals surface area contributed by atoms with Crippen molar-refractivity contribution in [2.45, 2.75) is 52.5 Å². The van der Waals surface area contributed by atoms with Gasteiger partial charge in [0.05, 0.1) is 0 Å². The van der Waals surface area contributed by atoms with Gasteiger partial charge in [-0.1, -0.05) is 37.6 Å². The van der Waals surface area contributed by atoms with Crippen molar-refractivity contribution in [3.8, 4) is 0 Å². The van der Waals surface area contributed by atoms with Crippen molar-refractivity contribution in [2.75, 3.05) is 0 Å². The Hall–Kier alpha value is -0.820. The fourth-order valence-electron chi connectivity index (χ4n) is 3.67. The maximum absolute atomic E-state index is 6.73. The molecule has 0 spiro atoms. The van der Waals surface area contributed by atoms with Crippen LogP contribution in [0.1, 0.15) is 49.8 Å². The summed E-state index contributed by atoms with van der Waals surface area (Å²) in [5, 5.41) is 0. The zero-order valence-corrected chi connectivity index (χ0v) is 11.6. The number of aryl methyl sites for hydroxylation is 2. The molecule has 0 radical (unpaired) electrons. The molecule has 17 heavy (non-hydrogen) atoms. The van der Waals surface area contributed by atoms with Crippen molar-refractivity contribution in [1.82, 2.24) is 0 Å². The summed E-state index contributed by atoms with van der Waals surface area (Å²) >= 11 is 0. The van der Waals surface area contributed by atoms with Crippen LogP contribution in [0.15, 0.2) is 18.2 Å². The highest BCUT2D eigenvalue weighted by Gasteiger charge is 2.36. The first-order valence-electron chi connectivity index (χ1n) is 6.77. The molecule has 1 nitrogen and oxygen atoms in total. The van der Waals surface area contributed by atoms with Gasteiger partial charge in [0.15, 0.2) is 0 Å². The first kappa shape index (κ1) is 12.6. The summed E-state index contributed by atoms with van der Waals surface area (Å²) in [4.78, 5) is 0. The van der Waals surface area contributed by atoms with E-state index in [0.717, 1.165) is 24.7 Å². The van der Waals surface area contributed by atoms with Crippen molar-refractivity contribution in [2.24, 2.45) is 17.6 Å². The van der Waals surface area contributed by atoms with Crippen molar-refractivity contribution in [3.05, 3.63) is 34.9 Å². The zero-order valence-electron chi connectivity index (χ0n) is 11.6. The third-order valence-electron chi connectivity index (χ3n) is 4.16. The second-order valence-corrected chi connectivity index (χ2v) is 6.33. The molecule has 2 rings (SSSR count). The monoisotopic (exact) mass is 231 g/mol. The highest BCUT2D eigenvalue weighted by Crippen LogP contribution is 2.41. The van der Waals surface area contributed by atoms with Crippen LogP contribution >= 0.6 is 0 Å². The average molecular weight is 231 g/mol. The molecule has 1 heteroatoms. The van der Waals surface area contributed by atoms with Gasteiger partial charge in [-0.25, -0.2) is 0 Å². The lowest BCUT2D eigenvalue weighted by atomic mass is 9.68. The summed E-state index contributed by atoms with van der Waals surface area (Å²) in [5.74, 6) is 1.48. The Morgan fingerprint density at radius 3 is 2.29 bits per heavy atom.